The lowest BCUT2D eigenvalue weighted by Gasteiger charge is -2.54. The zero-order valence-electron chi connectivity index (χ0n) is 29.7. The normalized spacial score (nSPS) is 25.6. The van der Waals surface area contributed by atoms with Crippen LogP contribution in [-0.2, 0) is 4.79 Å². The number of hydrogen-bond acceptors (Lipinski definition) is 8. The molecule has 3 saturated heterocycles. The largest absolute Gasteiger partial charge is 0.434 e. The third kappa shape index (κ3) is 7.31. The van der Waals surface area contributed by atoms with Crippen LogP contribution in [-0.4, -0.2) is 87.1 Å². The van der Waals surface area contributed by atoms with E-state index in [4.69, 9.17) is 4.74 Å². The first kappa shape index (κ1) is 34.5. The molecule has 4 aliphatic rings. The van der Waals surface area contributed by atoms with Gasteiger partial charge in [-0.3, -0.25) is 9.59 Å². The highest BCUT2D eigenvalue weighted by Gasteiger charge is 2.48. The number of benzene rings is 1. The Morgan fingerprint density at radius 2 is 1.75 bits per heavy atom. The zero-order chi connectivity index (χ0) is 34.2. The van der Waals surface area contributed by atoms with Crippen LogP contribution in [0.15, 0.2) is 24.5 Å². The van der Waals surface area contributed by atoms with Gasteiger partial charge in [0.05, 0.1) is 5.56 Å². The van der Waals surface area contributed by atoms with Gasteiger partial charge in [0.25, 0.3) is 11.8 Å². The molecule has 1 atom stereocenters. The molecule has 1 aromatic heterocycles. The number of rotatable bonds is 10. The van der Waals surface area contributed by atoms with Crippen LogP contribution in [0.25, 0.3) is 0 Å². The predicted octanol–water partition coefficient (Wildman–Crippen LogP) is 6.08. The van der Waals surface area contributed by atoms with E-state index in [9.17, 15) is 14.0 Å². The second kappa shape index (κ2) is 13.9. The number of likely N-dealkylation sites (tertiary alicyclic amines) is 1. The third-order valence-electron chi connectivity index (χ3n) is 11.3. The van der Waals surface area contributed by atoms with Crippen LogP contribution in [0.2, 0.25) is 0 Å². The van der Waals surface area contributed by atoms with Crippen molar-refractivity contribution >= 4 is 17.6 Å². The number of piperidine rings is 1. The van der Waals surface area contributed by atoms with Gasteiger partial charge in [0.15, 0.2) is 5.82 Å². The molecule has 1 aliphatic carbocycles. The molecule has 2 aromatic rings. The highest BCUT2D eigenvalue weighted by molar-refractivity contribution is 5.97. The van der Waals surface area contributed by atoms with E-state index in [1.54, 1.807) is 4.90 Å². The maximum absolute atomic E-state index is 14.4. The summed E-state index contributed by atoms with van der Waals surface area (Å²) in [6.07, 6.45) is 10.3. The molecule has 2 spiro atoms. The Hall–Kier alpha value is -3.34. The average Bonchev–Trinajstić information content (AvgIpc) is 3.31. The Balaban J connectivity index is 1.02. The zero-order valence-corrected chi connectivity index (χ0v) is 29.7. The van der Waals surface area contributed by atoms with Crippen LogP contribution < -0.4 is 15.0 Å². The van der Waals surface area contributed by atoms with Gasteiger partial charge in [0, 0.05) is 48.6 Å². The molecule has 1 unspecified atom stereocenters. The highest BCUT2D eigenvalue weighted by atomic mass is 19.1. The summed E-state index contributed by atoms with van der Waals surface area (Å²) < 4.78 is 20.6. The fourth-order valence-corrected chi connectivity index (χ4v) is 8.89. The summed E-state index contributed by atoms with van der Waals surface area (Å²) in [5, 5.41) is 11.6. The minimum Gasteiger partial charge on any atom is -0.434 e. The second-order valence-corrected chi connectivity index (χ2v) is 16.1. The molecule has 2 amide bonds. The Labute approximate surface area is 285 Å². The summed E-state index contributed by atoms with van der Waals surface area (Å²) in [7, 11) is 0. The molecule has 4 heterocycles. The fraction of sp³-hybridized carbons (Fsp3) is 0.703. The van der Waals surface area contributed by atoms with Gasteiger partial charge in [0.1, 0.15) is 17.9 Å². The topological polar surface area (TPSA) is 104 Å². The first-order chi connectivity index (χ1) is 22.9. The molecule has 0 bridgehead atoms. The van der Waals surface area contributed by atoms with Crippen molar-refractivity contribution in [1.82, 2.24) is 30.3 Å². The molecule has 0 radical (unpaired) electrons. The first-order valence-electron chi connectivity index (χ1n) is 18.1. The summed E-state index contributed by atoms with van der Waals surface area (Å²) in [6.45, 7) is 17.3. The lowest BCUT2D eigenvalue weighted by atomic mass is 9.71. The van der Waals surface area contributed by atoms with Gasteiger partial charge >= 0.3 is 0 Å². The SMILES string of the molecule is CC(C)CC1CC2(CCC(CN3CCC4(CC3)CN(c3ncnnc3Oc3ccc(F)cc3C(=O)N(C(C)C)C(C)C)C4)CC2)NC1=O. The monoisotopic (exact) mass is 663 g/mol. The summed E-state index contributed by atoms with van der Waals surface area (Å²) >= 11 is 0. The molecule has 48 heavy (non-hydrogen) atoms. The predicted molar refractivity (Wildman–Crippen MR) is 183 cm³/mol. The maximum Gasteiger partial charge on any atom is 0.282 e. The number of halogens is 1. The Morgan fingerprint density at radius 3 is 2.40 bits per heavy atom. The lowest BCUT2D eigenvalue weighted by molar-refractivity contribution is -0.123. The van der Waals surface area contributed by atoms with Crippen molar-refractivity contribution in [3.8, 4) is 11.6 Å². The number of nitrogens with zero attached hydrogens (tertiary/aromatic N) is 6. The van der Waals surface area contributed by atoms with Gasteiger partial charge in [-0.25, -0.2) is 9.37 Å². The van der Waals surface area contributed by atoms with E-state index in [-0.39, 0.29) is 58.0 Å². The van der Waals surface area contributed by atoms with Crippen LogP contribution in [0.4, 0.5) is 10.2 Å². The number of hydrogen-bond donors (Lipinski definition) is 1. The molecule has 1 saturated carbocycles. The van der Waals surface area contributed by atoms with E-state index in [0.717, 1.165) is 71.2 Å². The van der Waals surface area contributed by atoms with Gasteiger partial charge in [-0.1, -0.05) is 13.8 Å². The van der Waals surface area contributed by atoms with Crippen molar-refractivity contribution in [2.24, 2.45) is 23.2 Å². The highest BCUT2D eigenvalue weighted by Crippen LogP contribution is 2.46. The van der Waals surface area contributed by atoms with Crippen molar-refractivity contribution in [1.29, 1.82) is 0 Å². The van der Waals surface area contributed by atoms with Crippen LogP contribution >= 0.6 is 0 Å². The number of carbonyl (C=O) groups excluding carboxylic acids is 2. The van der Waals surface area contributed by atoms with Gasteiger partial charge in [0.2, 0.25) is 5.91 Å². The number of aromatic nitrogens is 3. The average molecular weight is 664 g/mol. The molecule has 11 heteroatoms. The van der Waals surface area contributed by atoms with E-state index < -0.39 is 5.82 Å². The standard InChI is InChI=1S/C37H54FN7O3/c1-24(2)17-28-19-37(41-33(28)46)11-9-27(10-12-37)20-43-15-13-36(14-16-43)21-44(22-36)32-34(42-40-23-39-32)48-31-8-7-29(38)18-30(31)35(47)45(25(3)4)26(5)6/h7-8,18,23-28H,9-17,19-22H2,1-6H3,(H,41,46). The number of anilines is 1. The maximum atomic E-state index is 14.4. The summed E-state index contributed by atoms with van der Waals surface area (Å²) in [6, 6.07) is 3.87. The van der Waals surface area contributed by atoms with E-state index in [0.29, 0.717) is 17.7 Å². The molecule has 1 aromatic carbocycles. The van der Waals surface area contributed by atoms with Gasteiger partial charge < -0.3 is 24.8 Å². The number of carbonyl (C=O) groups is 2. The molecular weight excluding hydrogens is 609 g/mol. The summed E-state index contributed by atoms with van der Waals surface area (Å²) in [5.41, 5.74) is 0.433. The van der Waals surface area contributed by atoms with Gasteiger partial charge in [-0.15, -0.1) is 10.2 Å². The summed E-state index contributed by atoms with van der Waals surface area (Å²) in [5.74, 6) is 1.98. The lowest BCUT2D eigenvalue weighted by Crippen LogP contribution is -2.61. The first-order valence-corrected chi connectivity index (χ1v) is 18.1. The Morgan fingerprint density at radius 1 is 1.06 bits per heavy atom. The van der Waals surface area contributed by atoms with E-state index >= 15 is 0 Å². The number of ether oxygens (including phenoxy) is 1. The fourth-order valence-electron chi connectivity index (χ4n) is 8.89. The quantitative estimate of drug-likeness (QED) is 0.327. The second-order valence-electron chi connectivity index (χ2n) is 16.1. The molecule has 6 rings (SSSR count). The van der Waals surface area contributed by atoms with Crippen LogP contribution in [0.1, 0.15) is 103 Å². The third-order valence-corrected chi connectivity index (χ3v) is 11.3. The molecule has 4 fully saturated rings. The molecule has 262 valence electrons. The minimum absolute atomic E-state index is 0.0449. The summed E-state index contributed by atoms with van der Waals surface area (Å²) in [4.78, 5) is 37.3. The Bertz CT molecular complexity index is 1450. The van der Waals surface area contributed by atoms with Crippen molar-refractivity contribution in [2.75, 3.05) is 37.6 Å². The number of nitrogens with one attached hydrogen (secondary N) is 1. The Kier molecular flexibility index (Phi) is 9.98. The molecular formula is C37H54FN7O3. The van der Waals surface area contributed by atoms with E-state index in [2.05, 4.69) is 44.1 Å². The molecule has 10 nitrogen and oxygen atoms in total. The van der Waals surface area contributed by atoms with E-state index in [1.807, 2.05) is 27.7 Å². The van der Waals surface area contributed by atoms with Gasteiger partial charge in [-0.2, -0.15) is 0 Å². The van der Waals surface area contributed by atoms with Crippen LogP contribution in [0.5, 0.6) is 11.6 Å². The van der Waals surface area contributed by atoms with Crippen LogP contribution in [0, 0.1) is 29.0 Å². The smallest absolute Gasteiger partial charge is 0.282 e. The molecule has 1 N–H and O–H groups in total. The van der Waals surface area contributed by atoms with Crippen LogP contribution in [0.3, 0.4) is 0 Å². The van der Waals surface area contributed by atoms with E-state index in [1.165, 1.54) is 37.4 Å². The van der Waals surface area contributed by atoms with Crippen molar-refractivity contribution < 1.29 is 18.7 Å². The number of amides is 2. The van der Waals surface area contributed by atoms with Crippen molar-refractivity contribution in [3.63, 3.8) is 0 Å². The van der Waals surface area contributed by atoms with Gasteiger partial charge in [-0.05, 0) is 122 Å². The molecule has 3 aliphatic heterocycles. The minimum atomic E-state index is -0.503. The van der Waals surface area contributed by atoms with Crippen molar-refractivity contribution in [2.45, 2.75) is 111 Å². The van der Waals surface area contributed by atoms with Crippen molar-refractivity contribution in [3.05, 3.63) is 35.9 Å².